The summed E-state index contributed by atoms with van der Waals surface area (Å²) in [7, 11) is 0. The Morgan fingerprint density at radius 3 is 2.76 bits per heavy atom. The smallest absolute Gasteiger partial charge is 0.148 e. The number of rotatable bonds is 3. The normalized spacial score (nSPS) is 12.7. The Labute approximate surface area is 114 Å². The van der Waals surface area contributed by atoms with Crippen LogP contribution in [0.2, 0.25) is 10.0 Å². The van der Waals surface area contributed by atoms with Gasteiger partial charge in [0.15, 0.2) is 0 Å². The summed E-state index contributed by atoms with van der Waals surface area (Å²) in [5.41, 5.74) is 0.960. The molecular weight excluding hydrogens is 281 g/mol. The van der Waals surface area contributed by atoms with Gasteiger partial charge in [0.05, 0.1) is 11.9 Å². The Bertz CT molecular complexity index is 524. The van der Waals surface area contributed by atoms with E-state index in [1.165, 1.54) is 0 Å². The summed E-state index contributed by atoms with van der Waals surface area (Å²) in [6, 6.07) is 5.44. The largest absolute Gasteiger partial charge is 0.309 e. The van der Waals surface area contributed by atoms with Crippen LogP contribution in [0.4, 0.5) is 0 Å². The molecule has 0 bridgehead atoms. The van der Waals surface area contributed by atoms with Gasteiger partial charge in [0, 0.05) is 10.0 Å². The lowest BCUT2D eigenvalue weighted by atomic mass is 10.1. The van der Waals surface area contributed by atoms with Crippen LogP contribution in [0.25, 0.3) is 0 Å². The van der Waals surface area contributed by atoms with Gasteiger partial charge in [-0.3, -0.25) is 0 Å². The number of alkyl halides is 1. The van der Waals surface area contributed by atoms with E-state index in [4.69, 9.17) is 34.8 Å². The molecular formula is C11H10Cl3N3. The SMILES string of the molecule is CC(c1ccc(Cl)cc1Cl)n1cnnc1CCl. The van der Waals surface area contributed by atoms with Gasteiger partial charge in [-0.05, 0) is 24.6 Å². The number of aromatic nitrogens is 3. The fourth-order valence-corrected chi connectivity index (χ4v) is 2.43. The highest BCUT2D eigenvalue weighted by Crippen LogP contribution is 2.29. The summed E-state index contributed by atoms with van der Waals surface area (Å²) in [6.07, 6.45) is 1.65. The fraction of sp³-hybridized carbons (Fsp3) is 0.273. The maximum atomic E-state index is 6.17. The quantitative estimate of drug-likeness (QED) is 0.802. The molecule has 0 N–H and O–H groups in total. The fourth-order valence-electron chi connectivity index (χ4n) is 1.68. The molecule has 1 aromatic carbocycles. The molecule has 0 aliphatic heterocycles. The summed E-state index contributed by atoms with van der Waals surface area (Å²) in [6.45, 7) is 2.01. The third-order valence-electron chi connectivity index (χ3n) is 2.60. The van der Waals surface area contributed by atoms with Crippen LogP contribution in [0.3, 0.4) is 0 Å². The minimum absolute atomic E-state index is 0.0171. The molecule has 17 heavy (non-hydrogen) atoms. The van der Waals surface area contributed by atoms with Gasteiger partial charge in [-0.2, -0.15) is 0 Å². The van der Waals surface area contributed by atoms with Gasteiger partial charge in [0.25, 0.3) is 0 Å². The van der Waals surface area contributed by atoms with Crippen molar-refractivity contribution in [2.24, 2.45) is 0 Å². The van der Waals surface area contributed by atoms with Crippen molar-refractivity contribution in [1.29, 1.82) is 0 Å². The average molecular weight is 291 g/mol. The van der Waals surface area contributed by atoms with E-state index in [2.05, 4.69) is 10.2 Å². The van der Waals surface area contributed by atoms with Crippen LogP contribution in [0.1, 0.15) is 24.4 Å². The lowest BCUT2D eigenvalue weighted by Crippen LogP contribution is -2.09. The molecule has 1 aromatic heterocycles. The van der Waals surface area contributed by atoms with Gasteiger partial charge in [0.1, 0.15) is 12.2 Å². The first-order valence-corrected chi connectivity index (χ1v) is 6.32. The Kier molecular flexibility index (Phi) is 3.92. The van der Waals surface area contributed by atoms with Gasteiger partial charge >= 0.3 is 0 Å². The third-order valence-corrected chi connectivity index (χ3v) is 3.40. The lowest BCUT2D eigenvalue weighted by Gasteiger charge is -2.16. The van der Waals surface area contributed by atoms with E-state index < -0.39 is 0 Å². The van der Waals surface area contributed by atoms with Gasteiger partial charge < -0.3 is 4.57 Å². The third kappa shape index (κ3) is 2.57. The minimum Gasteiger partial charge on any atom is -0.309 e. The molecule has 0 radical (unpaired) electrons. The zero-order valence-electron chi connectivity index (χ0n) is 9.07. The molecule has 0 aliphatic carbocycles. The summed E-state index contributed by atoms with van der Waals surface area (Å²) in [5.74, 6) is 1.03. The Hall–Kier alpha value is -0.770. The summed E-state index contributed by atoms with van der Waals surface area (Å²) < 4.78 is 1.89. The summed E-state index contributed by atoms with van der Waals surface area (Å²) >= 11 is 17.8. The molecule has 90 valence electrons. The highest BCUT2D eigenvalue weighted by atomic mass is 35.5. The topological polar surface area (TPSA) is 30.7 Å². The summed E-state index contributed by atoms with van der Waals surface area (Å²) in [5, 5.41) is 9.03. The maximum Gasteiger partial charge on any atom is 0.148 e. The molecule has 0 amide bonds. The predicted octanol–water partition coefficient (Wildman–Crippen LogP) is 3.93. The van der Waals surface area contributed by atoms with Gasteiger partial charge in [0.2, 0.25) is 0 Å². The van der Waals surface area contributed by atoms with Crippen LogP contribution < -0.4 is 0 Å². The van der Waals surface area contributed by atoms with Crippen molar-refractivity contribution >= 4 is 34.8 Å². The highest BCUT2D eigenvalue weighted by molar-refractivity contribution is 6.35. The molecule has 2 rings (SSSR count). The number of nitrogens with zero attached hydrogens (tertiary/aromatic N) is 3. The Morgan fingerprint density at radius 2 is 2.12 bits per heavy atom. The van der Waals surface area contributed by atoms with E-state index >= 15 is 0 Å². The van der Waals surface area contributed by atoms with E-state index in [1.54, 1.807) is 12.4 Å². The Morgan fingerprint density at radius 1 is 1.35 bits per heavy atom. The van der Waals surface area contributed by atoms with Crippen molar-refractivity contribution in [3.05, 3.63) is 46.0 Å². The molecule has 6 heteroatoms. The summed E-state index contributed by atoms with van der Waals surface area (Å²) in [4.78, 5) is 0. The second-order valence-corrected chi connectivity index (χ2v) is 4.74. The lowest BCUT2D eigenvalue weighted by molar-refractivity contribution is 0.615. The van der Waals surface area contributed by atoms with E-state index in [0.29, 0.717) is 21.7 Å². The predicted molar refractivity (Wildman–Crippen MR) is 69.9 cm³/mol. The molecule has 1 unspecified atom stereocenters. The van der Waals surface area contributed by atoms with E-state index in [0.717, 1.165) is 5.56 Å². The molecule has 2 aromatic rings. The molecule has 1 heterocycles. The van der Waals surface area contributed by atoms with Crippen molar-refractivity contribution in [3.8, 4) is 0 Å². The van der Waals surface area contributed by atoms with Crippen molar-refractivity contribution in [2.75, 3.05) is 0 Å². The number of hydrogen-bond acceptors (Lipinski definition) is 2. The van der Waals surface area contributed by atoms with Crippen LogP contribution in [0.5, 0.6) is 0 Å². The van der Waals surface area contributed by atoms with E-state index in [9.17, 15) is 0 Å². The molecule has 0 saturated heterocycles. The Balaban J connectivity index is 2.40. The second-order valence-electron chi connectivity index (χ2n) is 3.63. The standard InChI is InChI=1S/C11H10Cl3N3/c1-7(17-6-15-16-11(17)5-12)9-3-2-8(13)4-10(9)14/h2-4,6-7H,5H2,1H3. The van der Waals surface area contributed by atoms with Gasteiger partial charge in [-0.25, -0.2) is 0 Å². The number of halogens is 3. The minimum atomic E-state index is 0.0171. The maximum absolute atomic E-state index is 6.17. The molecule has 0 fully saturated rings. The van der Waals surface area contributed by atoms with Gasteiger partial charge in [-0.1, -0.05) is 29.3 Å². The first-order chi connectivity index (χ1) is 8.13. The van der Waals surface area contributed by atoms with Crippen molar-refractivity contribution < 1.29 is 0 Å². The first-order valence-electron chi connectivity index (χ1n) is 5.02. The molecule has 3 nitrogen and oxygen atoms in total. The monoisotopic (exact) mass is 289 g/mol. The van der Waals surface area contributed by atoms with E-state index in [-0.39, 0.29) is 6.04 Å². The molecule has 0 aliphatic rings. The molecule has 0 spiro atoms. The average Bonchev–Trinajstić information content (AvgIpc) is 2.76. The number of hydrogen-bond donors (Lipinski definition) is 0. The van der Waals surface area contributed by atoms with Crippen molar-refractivity contribution in [1.82, 2.24) is 14.8 Å². The number of benzene rings is 1. The van der Waals surface area contributed by atoms with Crippen LogP contribution in [-0.4, -0.2) is 14.8 Å². The zero-order valence-corrected chi connectivity index (χ0v) is 11.3. The van der Waals surface area contributed by atoms with Crippen LogP contribution in [0.15, 0.2) is 24.5 Å². The van der Waals surface area contributed by atoms with Gasteiger partial charge in [-0.15, -0.1) is 21.8 Å². The van der Waals surface area contributed by atoms with Crippen molar-refractivity contribution in [3.63, 3.8) is 0 Å². The first kappa shape index (κ1) is 12.7. The van der Waals surface area contributed by atoms with Crippen LogP contribution >= 0.6 is 34.8 Å². The zero-order chi connectivity index (χ0) is 12.4. The van der Waals surface area contributed by atoms with Crippen molar-refractivity contribution in [2.45, 2.75) is 18.8 Å². The molecule has 1 atom stereocenters. The highest BCUT2D eigenvalue weighted by Gasteiger charge is 2.15. The van der Waals surface area contributed by atoms with Crippen LogP contribution in [0, 0.1) is 0 Å². The molecule has 0 saturated carbocycles. The van der Waals surface area contributed by atoms with E-state index in [1.807, 2.05) is 23.6 Å². The van der Waals surface area contributed by atoms with Crippen LogP contribution in [-0.2, 0) is 5.88 Å². The second kappa shape index (κ2) is 5.25.